The lowest BCUT2D eigenvalue weighted by molar-refractivity contribution is 0.560. The van der Waals surface area contributed by atoms with Gasteiger partial charge in [-0.05, 0) is 13.0 Å². The summed E-state index contributed by atoms with van der Waals surface area (Å²) in [5, 5.41) is 4.04. The molecule has 1 atom stereocenters. The van der Waals surface area contributed by atoms with Gasteiger partial charge in [-0.1, -0.05) is 0 Å². The van der Waals surface area contributed by atoms with E-state index in [1.54, 1.807) is 17.8 Å². The van der Waals surface area contributed by atoms with Gasteiger partial charge in [-0.15, -0.1) is 0 Å². The molecule has 11 heavy (non-hydrogen) atoms. The Labute approximate surface area is 67.5 Å². The van der Waals surface area contributed by atoms with Gasteiger partial charge in [0.25, 0.3) is 0 Å². The van der Waals surface area contributed by atoms with Crippen LogP contribution in [0.15, 0.2) is 6.07 Å². The molecule has 1 unspecified atom stereocenters. The second-order valence-electron chi connectivity index (χ2n) is 2.37. The third kappa shape index (κ3) is 2.13. The van der Waals surface area contributed by atoms with Crippen LogP contribution in [-0.2, 0) is 23.9 Å². The Bertz CT molecular complexity index is 282. The highest BCUT2D eigenvalue weighted by molar-refractivity contribution is 7.78. The smallest absolute Gasteiger partial charge is 0.158 e. The number of aromatic nitrogens is 2. The minimum Gasteiger partial charge on any atom is -0.306 e. The molecule has 62 valence electrons. The van der Waals surface area contributed by atoms with Crippen molar-refractivity contribution in [3.8, 4) is 0 Å². The number of hydrogen-bond acceptors (Lipinski definition) is 2. The molecule has 0 aliphatic rings. The summed E-state index contributed by atoms with van der Waals surface area (Å²) in [4.78, 5) is 0. The molecule has 0 saturated heterocycles. The van der Waals surface area contributed by atoms with E-state index >= 15 is 0 Å². The molecule has 1 heterocycles. The topological polar surface area (TPSA) is 55.1 Å². The Morgan fingerprint density at radius 3 is 2.82 bits per heavy atom. The Balaban J connectivity index is 2.85. The first kappa shape index (κ1) is 8.42. The molecule has 0 spiro atoms. The molecule has 5 heteroatoms. The zero-order chi connectivity index (χ0) is 8.43. The summed E-state index contributed by atoms with van der Waals surface area (Å²) in [6.07, 6.45) is 0. The van der Waals surface area contributed by atoms with E-state index in [-0.39, 0.29) is 5.75 Å². The van der Waals surface area contributed by atoms with Crippen molar-refractivity contribution >= 4 is 11.1 Å². The van der Waals surface area contributed by atoms with Crippen LogP contribution in [0.5, 0.6) is 0 Å². The molecule has 1 aromatic heterocycles. The van der Waals surface area contributed by atoms with Crippen molar-refractivity contribution in [2.24, 2.45) is 7.05 Å². The summed E-state index contributed by atoms with van der Waals surface area (Å²) < 4.78 is 20.6. The standard InChI is InChI=1S/C6H10N2O2S/c1-5-3-6(4-11(9)10)8(2)7-5/h3H,4H2,1-2H3,(H,9,10). The summed E-state index contributed by atoms with van der Waals surface area (Å²) in [7, 11) is 1.76. The monoisotopic (exact) mass is 174 g/mol. The Morgan fingerprint density at radius 1 is 1.82 bits per heavy atom. The van der Waals surface area contributed by atoms with Crippen molar-refractivity contribution in [1.29, 1.82) is 0 Å². The zero-order valence-electron chi connectivity index (χ0n) is 6.44. The highest BCUT2D eigenvalue weighted by atomic mass is 32.2. The maximum absolute atomic E-state index is 10.4. The average molecular weight is 174 g/mol. The molecule has 1 aromatic rings. The van der Waals surface area contributed by atoms with Gasteiger partial charge >= 0.3 is 0 Å². The number of rotatable bonds is 2. The van der Waals surface area contributed by atoms with Gasteiger partial charge in [0, 0.05) is 7.05 Å². The molecule has 1 N–H and O–H groups in total. The molecule has 0 aliphatic carbocycles. The van der Waals surface area contributed by atoms with E-state index < -0.39 is 11.1 Å². The van der Waals surface area contributed by atoms with Crippen LogP contribution in [-0.4, -0.2) is 18.5 Å². The summed E-state index contributed by atoms with van der Waals surface area (Å²) >= 11 is -1.77. The summed E-state index contributed by atoms with van der Waals surface area (Å²) in [6.45, 7) is 1.85. The van der Waals surface area contributed by atoms with E-state index in [4.69, 9.17) is 4.55 Å². The van der Waals surface area contributed by atoms with E-state index in [9.17, 15) is 4.21 Å². The molecule has 0 fully saturated rings. The predicted molar refractivity (Wildman–Crippen MR) is 42.4 cm³/mol. The lowest BCUT2D eigenvalue weighted by Crippen LogP contribution is -2.01. The molecule has 4 nitrogen and oxygen atoms in total. The fourth-order valence-corrected chi connectivity index (χ4v) is 1.45. The van der Waals surface area contributed by atoms with E-state index in [1.165, 1.54) is 0 Å². The van der Waals surface area contributed by atoms with Crippen LogP contribution in [0.2, 0.25) is 0 Å². The van der Waals surface area contributed by atoms with Crippen LogP contribution in [0.3, 0.4) is 0 Å². The average Bonchev–Trinajstić information content (AvgIpc) is 2.09. The minimum atomic E-state index is -1.77. The lowest BCUT2D eigenvalue weighted by atomic mass is 10.4. The third-order valence-corrected chi connectivity index (χ3v) is 1.91. The van der Waals surface area contributed by atoms with Crippen molar-refractivity contribution in [3.63, 3.8) is 0 Å². The van der Waals surface area contributed by atoms with Gasteiger partial charge in [-0.3, -0.25) is 4.68 Å². The highest BCUT2D eigenvalue weighted by Crippen LogP contribution is 2.03. The second kappa shape index (κ2) is 3.15. The number of hydrogen-bond donors (Lipinski definition) is 1. The van der Waals surface area contributed by atoms with E-state index in [0.717, 1.165) is 11.4 Å². The Kier molecular flexibility index (Phi) is 2.41. The second-order valence-corrected chi connectivity index (χ2v) is 3.30. The van der Waals surface area contributed by atoms with Crippen molar-refractivity contribution in [3.05, 3.63) is 17.5 Å². The first-order valence-corrected chi connectivity index (χ1v) is 4.44. The number of aryl methyl sites for hydroxylation is 2. The maximum Gasteiger partial charge on any atom is 0.158 e. The van der Waals surface area contributed by atoms with Crippen molar-refractivity contribution < 1.29 is 8.76 Å². The van der Waals surface area contributed by atoms with Gasteiger partial charge in [0.1, 0.15) is 0 Å². The summed E-state index contributed by atoms with van der Waals surface area (Å²) in [5.41, 5.74) is 1.65. The van der Waals surface area contributed by atoms with Crippen molar-refractivity contribution in [2.75, 3.05) is 0 Å². The SMILES string of the molecule is Cc1cc(CS(=O)O)n(C)n1. The van der Waals surface area contributed by atoms with Crippen LogP contribution in [0.1, 0.15) is 11.4 Å². The van der Waals surface area contributed by atoms with E-state index in [0.29, 0.717) is 0 Å². The molecule has 0 aliphatic heterocycles. The molecule has 0 radical (unpaired) electrons. The molecule has 0 saturated carbocycles. The maximum atomic E-state index is 10.4. The van der Waals surface area contributed by atoms with Crippen LogP contribution >= 0.6 is 0 Å². The van der Waals surface area contributed by atoms with Gasteiger partial charge in [-0.25, -0.2) is 4.21 Å². The highest BCUT2D eigenvalue weighted by Gasteiger charge is 2.03. The normalized spacial score (nSPS) is 13.4. The Morgan fingerprint density at radius 2 is 2.45 bits per heavy atom. The van der Waals surface area contributed by atoms with Crippen molar-refractivity contribution in [2.45, 2.75) is 12.7 Å². The first-order valence-electron chi connectivity index (χ1n) is 3.16. The quantitative estimate of drug-likeness (QED) is 0.662. The van der Waals surface area contributed by atoms with E-state index in [1.807, 2.05) is 6.92 Å². The predicted octanol–water partition coefficient (Wildman–Crippen LogP) is 0.450. The van der Waals surface area contributed by atoms with Gasteiger partial charge in [0.05, 0.1) is 17.1 Å². The van der Waals surface area contributed by atoms with Gasteiger partial charge < -0.3 is 4.55 Å². The van der Waals surface area contributed by atoms with Gasteiger partial charge in [0.15, 0.2) is 11.1 Å². The van der Waals surface area contributed by atoms with E-state index in [2.05, 4.69) is 5.10 Å². The molecule has 0 aromatic carbocycles. The molecular weight excluding hydrogens is 164 g/mol. The third-order valence-electron chi connectivity index (χ3n) is 1.37. The summed E-state index contributed by atoms with van der Waals surface area (Å²) in [6, 6.07) is 1.80. The fraction of sp³-hybridized carbons (Fsp3) is 0.500. The minimum absolute atomic E-state index is 0.150. The number of nitrogens with zero attached hydrogens (tertiary/aromatic N) is 2. The molecule has 1 rings (SSSR count). The van der Waals surface area contributed by atoms with Crippen LogP contribution in [0.25, 0.3) is 0 Å². The zero-order valence-corrected chi connectivity index (χ0v) is 7.26. The molecular formula is C6H10N2O2S. The van der Waals surface area contributed by atoms with Crippen LogP contribution in [0.4, 0.5) is 0 Å². The Hall–Kier alpha value is -0.680. The van der Waals surface area contributed by atoms with Crippen LogP contribution in [0, 0.1) is 6.92 Å². The summed E-state index contributed by atoms with van der Waals surface area (Å²) in [5.74, 6) is 0.150. The molecule has 0 bridgehead atoms. The molecule has 0 amide bonds. The van der Waals surface area contributed by atoms with Gasteiger partial charge in [-0.2, -0.15) is 5.10 Å². The van der Waals surface area contributed by atoms with Crippen LogP contribution < -0.4 is 0 Å². The van der Waals surface area contributed by atoms with Crippen molar-refractivity contribution in [1.82, 2.24) is 9.78 Å². The lowest BCUT2D eigenvalue weighted by Gasteiger charge is -1.95. The van der Waals surface area contributed by atoms with Gasteiger partial charge in [0.2, 0.25) is 0 Å². The fourth-order valence-electron chi connectivity index (χ4n) is 0.926. The largest absolute Gasteiger partial charge is 0.306 e. The first-order chi connectivity index (χ1) is 5.09.